The third kappa shape index (κ3) is 5.39. The number of ether oxygens (including phenoxy) is 1. The van der Waals surface area contributed by atoms with E-state index in [9.17, 15) is 31.1 Å². The summed E-state index contributed by atoms with van der Waals surface area (Å²) in [5.41, 5.74) is -1.34. The molecule has 2 atom stereocenters. The minimum Gasteiger partial charge on any atom is -0.474 e. The van der Waals surface area contributed by atoms with Crippen LogP contribution in [0.1, 0.15) is 29.5 Å². The van der Waals surface area contributed by atoms with Gasteiger partial charge in [-0.2, -0.15) is 18.3 Å². The fourth-order valence-corrected chi connectivity index (χ4v) is 3.93. The van der Waals surface area contributed by atoms with Crippen LogP contribution in [0.2, 0.25) is 0 Å². The second kappa shape index (κ2) is 9.35. The lowest BCUT2D eigenvalue weighted by Crippen LogP contribution is -2.57. The molecule has 4 heterocycles. The lowest BCUT2D eigenvalue weighted by molar-refractivity contribution is -0.141. The van der Waals surface area contributed by atoms with Crippen LogP contribution in [0.3, 0.4) is 0 Å². The number of aromatic nitrogens is 6. The number of nitrogens with zero attached hydrogens (tertiary/aromatic N) is 7. The Balaban J connectivity index is 1.60. The van der Waals surface area contributed by atoms with Crippen LogP contribution in [0.15, 0.2) is 31.0 Å². The van der Waals surface area contributed by atoms with Gasteiger partial charge in [-0.1, -0.05) is 6.92 Å². The number of likely N-dealkylation sites (tertiary alicyclic amines) is 1. The van der Waals surface area contributed by atoms with E-state index in [1.807, 2.05) is 0 Å². The number of alkyl halides is 5. The number of amides is 1. The molecule has 0 aliphatic carbocycles. The van der Waals surface area contributed by atoms with Gasteiger partial charge in [0.1, 0.15) is 6.61 Å². The molecular formula is C21H19F6N7O2. The molecule has 0 aromatic carbocycles. The maximum absolute atomic E-state index is 14.5. The summed E-state index contributed by atoms with van der Waals surface area (Å²) in [6.07, 6.45) is -0.800. The highest BCUT2D eigenvalue weighted by atomic mass is 19.4. The highest BCUT2D eigenvalue weighted by Gasteiger charge is 2.47. The van der Waals surface area contributed by atoms with Crippen molar-refractivity contribution in [2.75, 3.05) is 13.2 Å². The Morgan fingerprint density at radius 1 is 1.14 bits per heavy atom. The number of hydrogen-bond donors (Lipinski definition) is 0. The number of halogens is 6. The Labute approximate surface area is 200 Å². The summed E-state index contributed by atoms with van der Waals surface area (Å²) in [5.74, 6) is -5.83. The van der Waals surface area contributed by atoms with Gasteiger partial charge in [0, 0.05) is 19.7 Å². The van der Waals surface area contributed by atoms with Crippen molar-refractivity contribution in [2.24, 2.45) is 13.0 Å². The van der Waals surface area contributed by atoms with E-state index < -0.39 is 54.4 Å². The molecule has 1 fully saturated rings. The molecule has 3 aromatic heterocycles. The highest BCUT2D eigenvalue weighted by molar-refractivity contribution is 5.98. The Bertz CT molecular complexity index is 1230. The van der Waals surface area contributed by atoms with Crippen molar-refractivity contribution in [3.05, 3.63) is 48.2 Å². The van der Waals surface area contributed by atoms with Crippen molar-refractivity contribution in [3.8, 4) is 17.3 Å². The van der Waals surface area contributed by atoms with Crippen molar-refractivity contribution < 1.29 is 35.9 Å². The minimum absolute atomic E-state index is 0.0301. The van der Waals surface area contributed by atoms with Crippen LogP contribution in [0.5, 0.6) is 5.88 Å². The molecule has 15 heteroatoms. The van der Waals surface area contributed by atoms with Crippen LogP contribution in [0, 0.1) is 11.7 Å². The smallest absolute Gasteiger partial charge is 0.434 e. The summed E-state index contributed by atoms with van der Waals surface area (Å²) in [6.45, 7) is 0.226. The van der Waals surface area contributed by atoms with E-state index >= 15 is 0 Å². The largest absolute Gasteiger partial charge is 0.474 e. The first kappa shape index (κ1) is 25.3. The van der Waals surface area contributed by atoms with Crippen molar-refractivity contribution in [1.29, 1.82) is 0 Å². The molecule has 0 radical (unpaired) electrons. The molecule has 3 aromatic rings. The zero-order valence-corrected chi connectivity index (χ0v) is 18.9. The van der Waals surface area contributed by atoms with Gasteiger partial charge in [-0.05, 0) is 5.92 Å². The predicted octanol–water partition coefficient (Wildman–Crippen LogP) is 3.39. The number of rotatable bonds is 5. The van der Waals surface area contributed by atoms with Crippen molar-refractivity contribution >= 4 is 5.91 Å². The maximum atomic E-state index is 14.5. The molecule has 0 bridgehead atoms. The van der Waals surface area contributed by atoms with E-state index in [4.69, 9.17) is 4.74 Å². The van der Waals surface area contributed by atoms with Gasteiger partial charge in [0.25, 0.3) is 11.8 Å². The van der Waals surface area contributed by atoms with Gasteiger partial charge < -0.3 is 9.64 Å². The summed E-state index contributed by atoms with van der Waals surface area (Å²) in [7, 11) is 1.50. The van der Waals surface area contributed by atoms with Crippen molar-refractivity contribution in [1.82, 2.24) is 34.6 Å². The van der Waals surface area contributed by atoms with Crippen molar-refractivity contribution in [3.63, 3.8) is 0 Å². The van der Waals surface area contributed by atoms with E-state index in [0.717, 1.165) is 23.5 Å². The zero-order chi connectivity index (χ0) is 26.3. The number of carbonyl (C=O) groups is 1. The second-order valence-electron chi connectivity index (χ2n) is 8.38. The summed E-state index contributed by atoms with van der Waals surface area (Å²) in [6, 6.07) is -0.898. The molecule has 9 nitrogen and oxygen atoms in total. The van der Waals surface area contributed by atoms with E-state index in [1.54, 1.807) is 0 Å². The summed E-state index contributed by atoms with van der Waals surface area (Å²) >= 11 is 0. The second-order valence-corrected chi connectivity index (χ2v) is 8.38. The molecule has 0 N–H and O–H groups in total. The van der Waals surface area contributed by atoms with Crippen LogP contribution >= 0.6 is 0 Å². The van der Waals surface area contributed by atoms with Crippen LogP contribution in [-0.4, -0.2) is 65.6 Å². The fourth-order valence-electron chi connectivity index (χ4n) is 3.93. The molecule has 1 aliphatic heterocycles. The average molecular weight is 515 g/mol. The SMILES string of the molecule is CC1CC(F)(F)CN(C(=O)c2nn(C)cc2-c2ncc(F)cn2)C1COc1cnc(C(F)(F)F)cn1. The van der Waals surface area contributed by atoms with Crippen LogP contribution in [0.4, 0.5) is 26.3 Å². The highest BCUT2D eigenvalue weighted by Crippen LogP contribution is 2.36. The number of aryl methyl sites for hydroxylation is 1. The van der Waals surface area contributed by atoms with Gasteiger partial charge in [0.05, 0.1) is 42.9 Å². The molecule has 4 rings (SSSR count). The van der Waals surface area contributed by atoms with Gasteiger partial charge in [-0.3, -0.25) is 9.48 Å². The number of hydrogen-bond acceptors (Lipinski definition) is 7. The first-order valence-corrected chi connectivity index (χ1v) is 10.6. The van der Waals surface area contributed by atoms with Gasteiger partial charge in [0.15, 0.2) is 23.0 Å². The van der Waals surface area contributed by atoms with E-state index in [0.29, 0.717) is 6.20 Å². The summed E-state index contributed by atoms with van der Waals surface area (Å²) < 4.78 is 87.1. The van der Waals surface area contributed by atoms with Crippen LogP contribution in [0.25, 0.3) is 11.4 Å². The Morgan fingerprint density at radius 2 is 1.83 bits per heavy atom. The molecule has 1 saturated heterocycles. The normalized spacial score (nSPS) is 19.8. The fraction of sp³-hybridized carbons (Fsp3) is 0.429. The quantitative estimate of drug-likeness (QED) is 0.481. The molecule has 0 saturated carbocycles. The average Bonchev–Trinajstić information content (AvgIpc) is 3.19. The molecule has 0 spiro atoms. The summed E-state index contributed by atoms with van der Waals surface area (Å²) in [4.78, 5) is 28.8. The molecule has 192 valence electrons. The number of piperidine rings is 1. The topological polar surface area (TPSA) is 98.9 Å². The monoisotopic (exact) mass is 515 g/mol. The molecule has 1 aliphatic rings. The van der Waals surface area contributed by atoms with Gasteiger partial charge >= 0.3 is 6.18 Å². The van der Waals surface area contributed by atoms with Gasteiger partial charge in [0.2, 0.25) is 5.88 Å². The van der Waals surface area contributed by atoms with E-state index in [1.165, 1.54) is 24.9 Å². The molecular weight excluding hydrogens is 496 g/mol. The standard InChI is InChI=1S/C21H19F6N7O2/c1-11-3-20(23,24)10-34(14(11)9-36-16-7-28-15(6-29-16)21(25,26)27)19(35)17-13(8-33(2)32-17)18-30-4-12(22)5-31-18/h4-8,11,14H,3,9-10H2,1-2H3. The third-order valence-electron chi connectivity index (χ3n) is 5.55. The molecule has 36 heavy (non-hydrogen) atoms. The third-order valence-corrected chi connectivity index (χ3v) is 5.55. The first-order chi connectivity index (χ1) is 16.8. The lowest BCUT2D eigenvalue weighted by atomic mass is 9.88. The zero-order valence-electron chi connectivity index (χ0n) is 18.9. The Hall–Kier alpha value is -3.78. The minimum atomic E-state index is -4.69. The Kier molecular flexibility index (Phi) is 6.58. The summed E-state index contributed by atoms with van der Waals surface area (Å²) in [5, 5.41) is 4.08. The first-order valence-electron chi connectivity index (χ1n) is 10.6. The lowest BCUT2D eigenvalue weighted by Gasteiger charge is -2.42. The predicted molar refractivity (Wildman–Crippen MR) is 110 cm³/mol. The van der Waals surface area contributed by atoms with Crippen LogP contribution in [-0.2, 0) is 13.2 Å². The van der Waals surface area contributed by atoms with Gasteiger partial charge in [-0.15, -0.1) is 0 Å². The molecule has 2 unspecified atom stereocenters. The number of carbonyl (C=O) groups excluding carboxylic acids is 1. The van der Waals surface area contributed by atoms with E-state index in [-0.39, 0.29) is 29.6 Å². The van der Waals surface area contributed by atoms with Crippen molar-refractivity contribution in [2.45, 2.75) is 31.5 Å². The Morgan fingerprint density at radius 3 is 2.44 bits per heavy atom. The van der Waals surface area contributed by atoms with Gasteiger partial charge in [-0.25, -0.2) is 33.1 Å². The van der Waals surface area contributed by atoms with Crippen LogP contribution < -0.4 is 4.74 Å². The maximum Gasteiger partial charge on any atom is 0.434 e. The molecule has 1 amide bonds. The van der Waals surface area contributed by atoms with E-state index in [2.05, 4.69) is 25.0 Å².